The van der Waals surface area contributed by atoms with Crippen LogP contribution in [0.3, 0.4) is 0 Å². The fourth-order valence-electron chi connectivity index (χ4n) is 4.04. The highest BCUT2D eigenvalue weighted by molar-refractivity contribution is 5.88. The van der Waals surface area contributed by atoms with E-state index in [1.165, 1.54) is 0 Å². The van der Waals surface area contributed by atoms with Crippen molar-refractivity contribution in [2.45, 2.75) is 31.9 Å². The third kappa shape index (κ3) is 4.09. The van der Waals surface area contributed by atoms with Gasteiger partial charge in [0, 0.05) is 28.8 Å². The summed E-state index contributed by atoms with van der Waals surface area (Å²) < 4.78 is 10.8. The molecule has 2 atom stereocenters. The van der Waals surface area contributed by atoms with E-state index in [1.54, 1.807) is 4.90 Å². The molecule has 1 aliphatic heterocycles. The summed E-state index contributed by atoms with van der Waals surface area (Å²) in [6, 6.07) is 13.0. The summed E-state index contributed by atoms with van der Waals surface area (Å²) in [5.74, 6) is 0.664. The van der Waals surface area contributed by atoms with Crippen molar-refractivity contribution in [1.82, 2.24) is 9.88 Å². The number of aromatic amines is 1. The first-order chi connectivity index (χ1) is 15.0. The smallest absolute Gasteiger partial charge is 0.415 e. The van der Waals surface area contributed by atoms with Crippen LogP contribution in [0.4, 0.5) is 10.5 Å². The zero-order valence-electron chi connectivity index (χ0n) is 17.5. The number of hydrogen-bond donors (Lipinski definition) is 3. The highest BCUT2D eigenvalue weighted by Crippen LogP contribution is 2.39. The van der Waals surface area contributed by atoms with Gasteiger partial charge >= 0.3 is 6.09 Å². The van der Waals surface area contributed by atoms with Crippen LogP contribution in [0.1, 0.15) is 36.2 Å². The second-order valence-electron chi connectivity index (χ2n) is 7.66. The Morgan fingerprint density at radius 2 is 2.13 bits per heavy atom. The van der Waals surface area contributed by atoms with Crippen molar-refractivity contribution in [2.75, 3.05) is 18.9 Å². The number of amides is 1. The average Bonchev–Trinajstić information content (AvgIpc) is 3.15. The number of nitrogens with one attached hydrogen (secondary N) is 1. The van der Waals surface area contributed by atoms with Crippen LogP contribution in [0, 0.1) is 0 Å². The number of nitrogens with two attached hydrogens (primary N) is 1. The Morgan fingerprint density at radius 1 is 1.35 bits per heavy atom. The van der Waals surface area contributed by atoms with Gasteiger partial charge in [-0.25, -0.2) is 4.79 Å². The number of carbonyl (C=O) groups is 1. The van der Waals surface area contributed by atoms with E-state index in [0.717, 1.165) is 34.0 Å². The zero-order valence-corrected chi connectivity index (χ0v) is 17.5. The SMILES string of the molecule is C=COC(=O)N1CCc2c([nH]c3ccc(N)cc23)C1c1ccc(OCC(O)CC)cc1. The molecule has 0 spiro atoms. The summed E-state index contributed by atoms with van der Waals surface area (Å²) in [4.78, 5) is 17.9. The van der Waals surface area contributed by atoms with Gasteiger partial charge in [-0.1, -0.05) is 25.6 Å². The monoisotopic (exact) mass is 421 g/mol. The Balaban J connectivity index is 1.72. The largest absolute Gasteiger partial charge is 0.491 e. The number of fused-ring (bicyclic) bond motifs is 3. The van der Waals surface area contributed by atoms with Gasteiger partial charge in [0.1, 0.15) is 18.4 Å². The third-order valence-electron chi connectivity index (χ3n) is 5.68. The van der Waals surface area contributed by atoms with Gasteiger partial charge in [0.05, 0.1) is 12.4 Å². The molecule has 7 nitrogen and oxygen atoms in total. The number of benzene rings is 2. The standard InChI is InChI=1S/C24H27N3O4/c1-3-17(28)14-31-18-8-5-15(6-9-18)23-22-19(11-12-27(23)24(29)30-4-2)20-13-16(25)7-10-21(20)26-22/h4-10,13,17,23,26,28H,2-3,11-12,14,25H2,1H3. The van der Waals surface area contributed by atoms with E-state index in [-0.39, 0.29) is 12.6 Å². The minimum atomic E-state index is -0.497. The van der Waals surface area contributed by atoms with Crippen LogP contribution in [0.5, 0.6) is 5.75 Å². The number of aliphatic hydroxyl groups is 1. The molecule has 1 aromatic heterocycles. The van der Waals surface area contributed by atoms with Gasteiger partial charge in [0.15, 0.2) is 0 Å². The van der Waals surface area contributed by atoms with Crippen LogP contribution < -0.4 is 10.5 Å². The number of anilines is 1. The van der Waals surface area contributed by atoms with Crippen LogP contribution in [0.15, 0.2) is 55.3 Å². The number of ether oxygens (including phenoxy) is 2. The topological polar surface area (TPSA) is 101 Å². The Hall–Kier alpha value is -3.45. The molecule has 2 heterocycles. The number of nitrogens with zero attached hydrogens (tertiary/aromatic N) is 1. The predicted octanol–water partition coefficient (Wildman–Crippen LogP) is 4.13. The molecule has 4 rings (SSSR count). The van der Waals surface area contributed by atoms with Gasteiger partial charge in [-0.05, 0) is 54.3 Å². The molecule has 31 heavy (non-hydrogen) atoms. The highest BCUT2D eigenvalue weighted by atomic mass is 16.5. The number of carbonyl (C=O) groups excluding carboxylic acids is 1. The predicted molar refractivity (Wildman–Crippen MR) is 120 cm³/mol. The first-order valence-electron chi connectivity index (χ1n) is 10.4. The Bertz CT molecular complexity index is 1090. The fraction of sp³-hybridized carbons (Fsp3) is 0.292. The van der Waals surface area contributed by atoms with Gasteiger partial charge in [-0.2, -0.15) is 0 Å². The summed E-state index contributed by atoms with van der Waals surface area (Å²) in [5.41, 5.74) is 10.7. The van der Waals surface area contributed by atoms with Gasteiger partial charge in [-0.3, -0.25) is 4.90 Å². The molecule has 1 aliphatic rings. The summed E-state index contributed by atoms with van der Waals surface area (Å²) in [6.07, 6.45) is 1.53. The average molecular weight is 421 g/mol. The maximum absolute atomic E-state index is 12.7. The zero-order chi connectivity index (χ0) is 22.0. The highest BCUT2D eigenvalue weighted by Gasteiger charge is 2.35. The van der Waals surface area contributed by atoms with Crippen molar-refractivity contribution in [3.05, 3.63) is 72.1 Å². The van der Waals surface area contributed by atoms with E-state index < -0.39 is 12.2 Å². The number of rotatable bonds is 6. The van der Waals surface area contributed by atoms with Crippen LogP contribution >= 0.6 is 0 Å². The molecule has 4 N–H and O–H groups in total. The van der Waals surface area contributed by atoms with Gasteiger partial charge in [0.25, 0.3) is 0 Å². The Labute approximate surface area is 181 Å². The van der Waals surface area contributed by atoms with Crippen molar-refractivity contribution in [3.63, 3.8) is 0 Å². The number of hydrogen-bond acceptors (Lipinski definition) is 5. The molecule has 2 aromatic carbocycles. The van der Waals surface area contributed by atoms with Crippen molar-refractivity contribution < 1.29 is 19.4 Å². The quantitative estimate of drug-likeness (QED) is 0.410. The van der Waals surface area contributed by atoms with E-state index in [9.17, 15) is 9.90 Å². The van der Waals surface area contributed by atoms with Gasteiger partial charge in [-0.15, -0.1) is 0 Å². The maximum Gasteiger partial charge on any atom is 0.415 e. The lowest BCUT2D eigenvalue weighted by molar-refractivity contribution is 0.104. The normalized spacial score (nSPS) is 16.6. The number of nitrogen functional groups attached to an aromatic ring is 1. The molecule has 0 fully saturated rings. The molecule has 0 saturated carbocycles. The molecular weight excluding hydrogens is 394 g/mol. The molecule has 3 aromatic rings. The van der Waals surface area contributed by atoms with E-state index in [1.807, 2.05) is 49.4 Å². The molecule has 0 bridgehead atoms. The molecule has 162 valence electrons. The molecule has 0 radical (unpaired) electrons. The summed E-state index contributed by atoms with van der Waals surface area (Å²) >= 11 is 0. The summed E-state index contributed by atoms with van der Waals surface area (Å²) in [6.45, 7) is 6.16. The molecule has 7 heteroatoms. The van der Waals surface area contributed by atoms with Crippen LogP contribution in [0.2, 0.25) is 0 Å². The van der Waals surface area contributed by atoms with Crippen molar-refractivity contribution in [3.8, 4) is 5.75 Å². The molecule has 0 aliphatic carbocycles. The second-order valence-corrected chi connectivity index (χ2v) is 7.66. The first-order valence-corrected chi connectivity index (χ1v) is 10.4. The third-order valence-corrected chi connectivity index (χ3v) is 5.68. The van der Waals surface area contributed by atoms with Crippen molar-refractivity contribution in [1.29, 1.82) is 0 Å². The van der Waals surface area contributed by atoms with E-state index in [4.69, 9.17) is 15.2 Å². The molecular formula is C24H27N3O4. The number of aliphatic hydroxyl groups excluding tert-OH is 1. The van der Waals surface area contributed by atoms with Gasteiger partial charge in [0.2, 0.25) is 0 Å². The summed E-state index contributed by atoms with van der Waals surface area (Å²) in [5, 5.41) is 10.8. The Morgan fingerprint density at radius 3 is 2.84 bits per heavy atom. The summed E-state index contributed by atoms with van der Waals surface area (Å²) in [7, 11) is 0. The van der Waals surface area contributed by atoms with Gasteiger partial charge < -0.3 is 25.3 Å². The number of H-pyrrole nitrogens is 1. The lowest BCUT2D eigenvalue weighted by Gasteiger charge is -2.35. The lowest BCUT2D eigenvalue weighted by Crippen LogP contribution is -2.40. The van der Waals surface area contributed by atoms with Crippen LogP contribution in [0.25, 0.3) is 10.9 Å². The van der Waals surface area contributed by atoms with Crippen LogP contribution in [-0.4, -0.2) is 40.3 Å². The molecule has 2 unspecified atom stereocenters. The second kappa shape index (κ2) is 8.73. The molecule has 1 amide bonds. The number of aromatic nitrogens is 1. The van der Waals surface area contributed by atoms with Crippen LogP contribution in [-0.2, 0) is 11.2 Å². The van der Waals surface area contributed by atoms with E-state index >= 15 is 0 Å². The van der Waals surface area contributed by atoms with E-state index in [2.05, 4.69) is 11.6 Å². The maximum atomic E-state index is 12.7. The van der Waals surface area contributed by atoms with Crippen molar-refractivity contribution >= 4 is 22.7 Å². The van der Waals surface area contributed by atoms with E-state index in [0.29, 0.717) is 30.8 Å². The molecule has 0 saturated heterocycles. The minimum Gasteiger partial charge on any atom is -0.491 e. The first kappa shape index (κ1) is 20.8. The fourth-order valence-corrected chi connectivity index (χ4v) is 4.04. The Kier molecular flexibility index (Phi) is 5.86. The minimum absolute atomic E-state index is 0.241. The van der Waals surface area contributed by atoms with Crippen molar-refractivity contribution in [2.24, 2.45) is 0 Å². The lowest BCUT2D eigenvalue weighted by atomic mass is 9.92.